The summed E-state index contributed by atoms with van der Waals surface area (Å²) in [6.45, 7) is 7.26. The van der Waals surface area contributed by atoms with Gasteiger partial charge in [-0.05, 0) is 0 Å². The summed E-state index contributed by atoms with van der Waals surface area (Å²) in [6, 6.07) is 0. The van der Waals surface area contributed by atoms with Gasteiger partial charge in [0.25, 0.3) is 12.9 Å². The first-order valence-electron chi connectivity index (χ1n) is 6.85. The van der Waals surface area contributed by atoms with E-state index < -0.39 is 30.8 Å². The normalized spacial score (nSPS) is 9.56. The molecule has 0 unspecified atom stereocenters. The Balaban J connectivity index is -0.0000000978. The van der Waals surface area contributed by atoms with Crippen LogP contribution in [0.1, 0.15) is 48.0 Å². The summed E-state index contributed by atoms with van der Waals surface area (Å²) in [6.07, 6.45) is -7.99. The number of Topliss-reactive ketones (excluding diaryl/α,β-unsaturated/α-hetero) is 4. The zero-order valence-corrected chi connectivity index (χ0v) is 20.9. The molecule has 0 amide bonds. The molecule has 0 saturated carbocycles. The second kappa shape index (κ2) is 22.8. The largest absolute Gasteiger partial charge is 1.00 e. The third kappa shape index (κ3) is 26.5. The van der Waals surface area contributed by atoms with Crippen molar-refractivity contribution in [2.45, 2.75) is 60.8 Å². The quantitative estimate of drug-likeness (QED) is 0.187. The van der Waals surface area contributed by atoms with Crippen LogP contribution in [0.3, 0.4) is 0 Å². The molecule has 166 valence electrons. The maximum Gasteiger partial charge on any atom is 0.296 e. The number of alkyl halides is 4. The van der Waals surface area contributed by atoms with Gasteiger partial charge in [-0.3, -0.25) is 19.2 Å². The van der Waals surface area contributed by atoms with Crippen LogP contribution in [0.2, 0.25) is 0 Å². The molecule has 12 heteroatoms. The Morgan fingerprint density at radius 3 is 1.04 bits per heavy atom. The summed E-state index contributed by atoms with van der Waals surface area (Å²) in [5.41, 5.74) is 0. The van der Waals surface area contributed by atoms with Crippen molar-refractivity contribution in [1.29, 1.82) is 0 Å². The van der Waals surface area contributed by atoms with Gasteiger partial charge < -0.3 is 4.70 Å². The minimum Gasteiger partial charge on any atom is -1.00 e. The molecule has 0 rings (SSSR count). The van der Waals surface area contributed by atoms with Crippen LogP contribution < -0.4 is 18.0 Å². The van der Waals surface area contributed by atoms with E-state index in [1.807, 2.05) is 27.7 Å². The predicted molar refractivity (Wildman–Crippen MR) is 106 cm³/mol. The van der Waals surface area contributed by atoms with Gasteiger partial charge in [0.15, 0.2) is 0 Å². The molecule has 0 aromatic heterocycles. The van der Waals surface area contributed by atoms with Crippen molar-refractivity contribution >= 4 is 60.4 Å². The van der Waals surface area contributed by atoms with E-state index in [2.05, 4.69) is 37.2 Å². The van der Waals surface area contributed by atoms with E-state index >= 15 is 0 Å². The van der Waals surface area contributed by atoms with E-state index in [1.165, 1.54) is 0 Å². The SMILES string of the molecule is C.CC(C)C(=O)CC(=O)C(C)C.I[I-]I.O=C(CC(=O)C(F)F)C(F)F.[F-]. The fraction of sp³-hybridized carbons (Fsp3) is 0.733. The average molecular weight is 744 g/mol. The molecule has 0 radical (unpaired) electrons. The molecule has 0 aliphatic heterocycles. The molecule has 0 heterocycles. The molecular formula is C15H24F5I3O4-2. The number of hydrogen-bond acceptors (Lipinski definition) is 4. The van der Waals surface area contributed by atoms with Gasteiger partial charge in [0.1, 0.15) is 11.6 Å². The van der Waals surface area contributed by atoms with Crippen LogP contribution in [0, 0.1) is 11.8 Å². The molecule has 0 spiro atoms. The van der Waals surface area contributed by atoms with Crippen LogP contribution in [0.4, 0.5) is 17.6 Å². The second-order valence-corrected chi connectivity index (χ2v) is 21.4. The molecule has 0 N–H and O–H groups in total. The third-order valence-electron chi connectivity index (χ3n) is 2.47. The molecule has 4 nitrogen and oxygen atoms in total. The van der Waals surface area contributed by atoms with Gasteiger partial charge >= 0.3 is 50.5 Å². The van der Waals surface area contributed by atoms with Gasteiger partial charge in [0.2, 0.25) is 11.6 Å². The first-order valence-corrected chi connectivity index (χ1v) is 19.4. The number of ketones is 4. The first kappa shape index (κ1) is 38.2. The van der Waals surface area contributed by atoms with Crippen molar-refractivity contribution in [1.82, 2.24) is 0 Å². The Kier molecular flexibility index (Phi) is 32.2. The fourth-order valence-corrected chi connectivity index (χ4v) is 0.906. The van der Waals surface area contributed by atoms with Crippen molar-refractivity contribution in [3.63, 3.8) is 0 Å². The van der Waals surface area contributed by atoms with Crippen LogP contribution in [0.15, 0.2) is 0 Å². The number of rotatable bonds is 8. The molecule has 0 fully saturated rings. The van der Waals surface area contributed by atoms with Crippen molar-refractivity contribution in [3.05, 3.63) is 0 Å². The van der Waals surface area contributed by atoms with Gasteiger partial charge in [-0.1, -0.05) is 35.1 Å². The molecule has 27 heavy (non-hydrogen) atoms. The van der Waals surface area contributed by atoms with E-state index in [0.29, 0.717) is 13.3 Å². The molecular weight excluding hydrogens is 720 g/mol. The Morgan fingerprint density at radius 2 is 0.889 bits per heavy atom. The van der Waals surface area contributed by atoms with Crippen molar-refractivity contribution < 1.29 is 54.7 Å². The predicted octanol–water partition coefficient (Wildman–Crippen LogP) is -0.713. The standard InChI is InChI=1S/C9H16O2.C5H4F4O2.CH4.FH.I3/c1-6(2)8(10)5-9(11)7(3)4;6-4(7)2(10)1-3(11)5(8)9;;;1-3-2/h6-7H,5H2,1-4H3;4-5H,1H2;1H4;1H;/q;;;;-1/p-1. The maximum absolute atomic E-state index is 11.3. The van der Waals surface area contributed by atoms with Crippen LogP contribution in [0.25, 0.3) is 0 Å². The zero-order chi connectivity index (χ0) is 20.7. The number of carbonyl (C=O) groups is 4. The Labute approximate surface area is 186 Å². The minimum absolute atomic E-state index is 0. The molecule has 0 aromatic rings. The Bertz CT molecular complexity index is 360. The smallest absolute Gasteiger partial charge is 0.296 e. The average Bonchev–Trinajstić information content (AvgIpc) is 2.47. The van der Waals surface area contributed by atoms with Crippen molar-refractivity contribution in [3.8, 4) is 0 Å². The molecule has 0 aliphatic rings. The summed E-state index contributed by atoms with van der Waals surface area (Å²) in [5, 5.41) is 0. The number of hydrogen-bond donors (Lipinski definition) is 0. The van der Waals surface area contributed by atoms with Crippen LogP contribution in [-0.2, 0) is 19.2 Å². The molecule has 0 bridgehead atoms. The van der Waals surface area contributed by atoms with Gasteiger partial charge in [-0.15, -0.1) is 0 Å². The summed E-state index contributed by atoms with van der Waals surface area (Å²) in [7, 11) is 0. The summed E-state index contributed by atoms with van der Waals surface area (Å²) in [5.74, 6) is -3.48. The van der Waals surface area contributed by atoms with E-state index in [4.69, 9.17) is 0 Å². The second-order valence-electron chi connectivity index (χ2n) is 5.18. The number of halogens is 8. The van der Waals surface area contributed by atoms with Crippen LogP contribution in [-0.4, -0.2) is 36.0 Å². The minimum atomic E-state index is -3.35. The van der Waals surface area contributed by atoms with Gasteiger partial charge in [0.05, 0.1) is 12.8 Å². The monoisotopic (exact) mass is 744 g/mol. The zero-order valence-electron chi connectivity index (χ0n) is 14.4. The fourth-order valence-electron chi connectivity index (χ4n) is 0.906. The van der Waals surface area contributed by atoms with Gasteiger partial charge in [-0.25, -0.2) is 17.6 Å². The summed E-state index contributed by atoms with van der Waals surface area (Å²) in [4.78, 5) is 42.0. The molecule has 0 aliphatic carbocycles. The van der Waals surface area contributed by atoms with Crippen LogP contribution >= 0.6 is 37.2 Å². The summed E-state index contributed by atoms with van der Waals surface area (Å²) >= 11 is 5.30. The Hall–Kier alpha value is 0.520. The molecule has 0 aromatic carbocycles. The van der Waals surface area contributed by atoms with E-state index in [1.54, 1.807) is 0 Å². The summed E-state index contributed by atoms with van der Waals surface area (Å²) < 4.78 is 45.2. The van der Waals surface area contributed by atoms with Crippen molar-refractivity contribution in [2.24, 2.45) is 11.8 Å². The van der Waals surface area contributed by atoms with Gasteiger partial charge in [-0.2, -0.15) is 0 Å². The molecule has 0 atom stereocenters. The third-order valence-corrected chi connectivity index (χ3v) is 2.47. The Morgan fingerprint density at radius 1 is 0.704 bits per heavy atom. The topological polar surface area (TPSA) is 68.3 Å². The van der Waals surface area contributed by atoms with E-state index in [9.17, 15) is 36.7 Å². The number of carbonyl (C=O) groups excluding carboxylic acids is 4. The van der Waals surface area contributed by atoms with E-state index in [-0.39, 0.29) is 42.0 Å². The van der Waals surface area contributed by atoms with Crippen molar-refractivity contribution in [2.75, 3.05) is 0 Å². The van der Waals surface area contributed by atoms with E-state index in [0.717, 1.165) is 0 Å². The maximum atomic E-state index is 11.3. The molecule has 0 saturated heterocycles. The van der Waals surface area contributed by atoms with Gasteiger partial charge in [0, 0.05) is 11.8 Å². The first-order chi connectivity index (χ1) is 11.3. The van der Waals surface area contributed by atoms with Crippen LogP contribution in [0.5, 0.6) is 0 Å².